The van der Waals surface area contributed by atoms with E-state index in [2.05, 4.69) is 0 Å². The largest absolute Gasteiger partial charge is 0.492 e. The number of amides is 1. The average Bonchev–Trinajstić information content (AvgIpc) is 3.15. The summed E-state index contributed by atoms with van der Waals surface area (Å²) in [5.74, 6) is -0.697. The molecule has 0 saturated carbocycles. The molecule has 0 bridgehead atoms. The van der Waals surface area contributed by atoms with E-state index in [4.69, 9.17) is 21.1 Å². The quantitative estimate of drug-likeness (QED) is 0.449. The second-order valence-corrected chi connectivity index (χ2v) is 9.17. The molecule has 0 aliphatic carbocycles. The van der Waals surface area contributed by atoms with Gasteiger partial charge in [0.05, 0.1) is 11.6 Å². The average molecular weight is 498 g/mol. The lowest BCUT2D eigenvalue weighted by atomic mass is 9.91. The molecule has 0 aromatic heterocycles. The number of rotatable bonds is 9. The zero-order valence-corrected chi connectivity index (χ0v) is 19.9. The van der Waals surface area contributed by atoms with Crippen LogP contribution < -0.4 is 9.47 Å². The molecule has 1 N–H and O–H groups in total. The first-order valence-corrected chi connectivity index (χ1v) is 11.5. The number of nitrogens with zero attached hydrogens (tertiary/aromatic N) is 1. The van der Waals surface area contributed by atoms with Crippen molar-refractivity contribution >= 4 is 23.5 Å². The van der Waals surface area contributed by atoms with Crippen molar-refractivity contribution in [3.05, 3.63) is 94.3 Å². The first-order valence-electron chi connectivity index (χ1n) is 11.2. The molecule has 8 heteroatoms. The molecule has 0 fully saturated rings. The van der Waals surface area contributed by atoms with Gasteiger partial charge in [-0.25, -0.2) is 4.39 Å². The molecule has 0 spiro atoms. The van der Waals surface area contributed by atoms with Gasteiger partial charge < -0.3 is 19.5 Å². The maximum absolute atomic E-state index is 13.9. The number of hydrogen-bond donors (Lipinski definition) is 1. The molecule has 6 nitrogen and oxygen atoms in total. The molecule has 35 heavy (non-hydrogen) atoms. The summed E-state index contributed by atoms with van der Waals surface area (Å²) in [6.45, 7) is 1.77. The lowest BCUT2D eigenvalue weighted by molar-refractivity contribution is -0.137. The second-order valence-electron chi connectivity index (χ2n) is 8.76. The van der Waals surface area contributed by atoms with Crippen LogP contribution in [-0.4, -0.2) is 47.2 Å². The minimum absolute atomic E-state index is 0.0674. The molecule has 182 valence electrons. The zero-order chi connectivity index (χ0) is 25.0. The predicted molar refractivity (Wildman–Crippen MR) is 130 cm³/mol. The van der Waals surface area contributed by atoms with E-state index in [9.17, 15) is 19.1 Å². The first-order chi connectivity index (χ1) is 16.7. The number of carboxylic acid groups (broad SMARTS) is 1. The van der Waals surface area contributed by atoms with Crippen LogP contribution in [0.2, 0.25) is 5.02 Å². The van der Waals surface area contributed by atoms with E-state index >= 15 is 0 Å². The van der Waals surface area contributed by atoms with E-state index in [0.29, 0.717) is 29.9 Å². The van der Waals surface area contributed by atoms with Crippen LogP contribution in [0.5, 0.6) is 11.5 Å². The number of carboxylic acids is 1. The summed E-state index contributed by atoms with van der Waals surface area (Å²) in [7, 11) is 0. The maximum atomic E-state index is 13.9. The molecule has 1 amide bonds. The number of carbonyl (C=O) groups is 2. The van der Waals surface area contributed by atoms with Crippen molar-refractivity contribution in [1.29, 1.82) is 0 Å². The third kappa shape index (κ3) is 6.11. The van der Waals surface area contributed by atoms with Crippen molar-refractivity contribution < 1.29 is 28.6 Å². The van der Waals surface area contributed by atoms with E-state index in [1.807, 2.05) is 25.1 Å². The number of carbonyl (C=O) groups excluding carboxylic acids is 1. The lowest BCUT2D eigenvalue weighted by Gasteiger charge is -2.24. The van der Waals surface area contributed by atoms with Gasteiger partial charge in [-0.05, 0) is 60.5 Å². The topological polar surface area (TPSA) is 76.1 Å². The minimum Gasteiger partial charge on any atom is -0.492 e. The lowest BCUT2D eigenvalue weighted by Crippen LogP contribution is -2.38. The van der Waals surface area contributed by atoms with Crippen molar-refractivity contribution in [2.45, 2.75) is 25.4 Å². The molecule has 1 aliphatic rings. The Morgan fingerprint density at radius 1 is 1.14 bits per heavy atom. The van der Waals surface area contributed by atoms with Crippen LogP contribution >= 0.6 is 11.6 Å². The Morgan fingerprint density at radius 2 is 1.91 bits per heavy atom. The van der Waals surface area contributed by atoms with Crippen LogP contribution in [0.15, 0.2) is 66.7 Å². The molecule has 0 saturated heterocycles. The van der Waals surface area contributed by atoms with Crippen molar-refractivity contribution in [3.8, 4) is 11.5 Å². The number of benzene rings is 3. The molecule has 1 atom stereocenters. The van der Waals surface area contributed by atoms with Gasteiger partial charge in [0.2, 0.25) is 0 Å². The van der Waals surface area contributed by atoms with Gasteiger partial charge in [0.1, 0.15) is 36.1 Å². The van der Waals surface area contributed by atoms with Gasteiger partial charge >= 0.3 is 5.97 Å². The predicted octanol–water partition coefficient (Wildman–Crippen LogP) is 5.02. The van der Waals surface area contributed by atoms with Crippen LogP contribution in [0.25, 0.3) is 0 Å². The smallest absolute Gasteiger partial charge is 0.323 e. The Labute approximate surface area is 207 Å². The van der Waals surface area contributed by atoms with Crippen molar-refractivity contribution in [2.75, 3.05) is 19.7 Å². The first kappa shape index (κ1) is 24.5. The molecule has 1 unspecified atom stereocenters. The van der Waals surface area contributed by atoms with E-state index in [1.54, 1.807) is 36.4 Å². The zero-order valence-electron chi connectivity index (χ0n) is 19.2. The van der Waals surface area contributed by atoms with Crippen molar-refractivity contribution in [3.63, 3.8) is 0 Å². The van der Waals surface area contributed by atoms with E-state index in [-0.39, 0.29) is 18.2 Å². The molecule has 1 heterocycles. The van der Waals surface area contributed by atoms with Gasteiger partial charge in [0.25, 0.3) is 5.91 Å². The van der Waals surface area contributed by atoms with Crippen molar-refractivity contribution in [2.24, 2.45) is 0 Å². The van der Waals surface area contributed by atoms with E-state index in [1.165, 1.54) is 17.0 Å². The van der Waals surface area contributed by atoms with Crippen LogP contribution in [0.1, 0.15) is 28.4 Å². The highest BCUT2D eigenvalue weighted by Gasteiger charge is 2.36. The van der Waals surface area contributed by atoms with Crippen molar-refractivity contribution in [1.82, 2.24) is 4.90 Å². The normalized spacial score (nSPS) is 16.3. The van der Waals surface area contributed by atoms with Crippen LogP contribution in [0.3, 0.4) is 0 Å². The molecule has 1 aliphatic heterocycles. The molecule has 4 rings (SSSR count). The van der Waals surface area contributed by atoms with Gasteiger partial charge in [-0.15, -0.1) is 0 Å². The summed E-state index contributed by atoms with van der Waals surface area (Å²) in [5, 5.41) is 9.37. The fourth-order valence-electron chi connectivity index (χ4n) is 4.22. The van der Waals surface area contributed by atoms with Gasteiger partial charge in [-0.1, -0.05) is 35.9 Å². The summed E-state index contributed by atoms with van der Waals surface area (Å²) >= 11 is 5.79. The Balaban J connectivity index is 1.45. The molecule has 3 aromatic carbocycles. The summed E-state index contributed by atoms with van der Waals surface area (Å²) in [6, 6.07) is 18.9. The summed E-state index contributed by atoms with van der Waals surface area (Å²) in [6.07, 6.45) is 0.977. The molecular weight excluding hydrogens is 473 g/mol. The van der Waals surface area contributed by atoms with Gasteiger partial charge in [0.15, 0.2) is 0 Å². The van der Waals surface area contributed by atoms with Gasteiger partial charge in [-0.2, -0.15) is 0 Å². The summed E-state index contributed by atoms with van der Waals surface area (Å²) in [5.41, 5.74) is 1.34. The molecular formula is C27H25ClFNO5. The fraction of sp³-hybridized carbons (Fsp3) is 0.259. The van der Waals surface area contributed by atoms with Gasteiger partial charge in [-0.3, -0.25) is 9.59 Å². The monoisotopic (exact) mass is 497 g/mol. The molecule has 3 aromatic rings. The highest BCUT2D eigenvalue weighted by atomic mass is 35.5. The van der Waals surface area contributed by atoms with Crippen LogP contribution in [0, 0.1) is 5.82 Å². The summed E-state index contributed by atoms with van der Waals surface area (Å²) in [4.78, 5) is 25.8. The highest BCUT2D eigenvalue weighted by molar-refractivity contribution is 6.30. The molecule has 0 radical (unpaired) electrons. The fourth-order valence-corrected chi connectivity index (χ4v) is 4.34. The second kappa shape index (κ2) is 10.4. The number of hydrogen-bond acceptors (Lipinski definition) is 4. The standard InChI is InChI=1S/C27H25ClFNO5/c1-27(15-18-7-9-22(28)23(29)13-18)16-20-14-19(8-10-24(20)35-27)26(33)30(17-25(31)32)11-12-34-21-5-3-2-4-6-21/h2-10,13-14H,11-12,15-17H2,1H3,(H,31,32). The Hall–Kier alpha value is -3.58. The Kier molecular flexibility index (Phi) is 7.26. The highest BCUT2D eigenvalue weighted by Crippen LogP contribution is 2.38. The SMILES string of the molecule is CC1(Cc2ccc(Cl)c(F)c2)Cc2cc(C(=O)N(CCOc3ccccc3)CC(=O)O)ccc2O1. The van der Waals surface area contributed by atoms with E-state index in [0.717, 1.165) is 11.1 Å². The van der Waals surface area contributed by atoms with Gasteiger partial charge in [0, 0.05) is 18.4 Å². The number of aliphatic carboxylic acids is 1. The number of fused-ring (bicyclic) bond motifs is 1. The number of halogens is 2. The maximum Gasteiger partial charge on any atom is 0.323 e. The Morgan fingerprint density at radius 3 is 2.63 bits per heavy atom. The van der Waals surface area contributed by atoms with Crippen LogP contribution in [-0.2, 0) is 17.6 Å². The van der Waals surface area contributed by atoms with Crippen LogP contribution in [0.4, 0.5) is 4.39 Å². The van der Waals surface area contributed by atoms with E-state index < -0.39 is 29.8 Å². The summed E-state index contributed by atoms with van der Waals surface area (Å²) < 4.78 is 25.7. The number of para-hydroxylation sites is 1. The minimum atomic E-state index is -1.11. The number of ether oxygens (including phenoxy) is 2. The third-order valence-corrected chi connectivity index (χ3v) is 6.08. The third-order valence-electron chi connectivity index (χ3n) is 5.78. The Bertz CT molecular complexity index is 1240.